The van der Waals surface area contributed by atoms with Gasteiger partial charge >= 0.3 is 5.97 Å². The lowest BCUT2D eigenvalue weighted by Gasteiger charge is -2.06. The zero-order valence-electron chi connectivity index (χ0n) is 9.98. The number of methoxy groups -OCH3 is 2. The van der Waals surface area contributed by atoms with Gasteiger partial charge in [0.05, 0.1) is 25.3 Å². The van der Waals surface area contributed by atoms with Crippen molar-refractivity contribution in [3.8, 4) is 11.5 Å². The van der Waals surface area contributed by atoms with Gasteiger partial charge in [-0.2, -0.15) is 0 Å². The van der Waals surface area contributed by atoms with Crippen LogP contribution in [-0.2, 0) is 4.79 Å². The summed E-state index contributed by atoms with van der Waals surface area (Å²) in [5.74, 6) is 0.591. The third kappa shape index (κ3) is 2.29. The minimum Gasteiger partial charge on any atom is -0.493 e. The van der Waals surface area contributed by atoms with Crippen molar-refractivity contribution in [2.45, 2.75) is 0 Å². The first kappa shape index (κ1) is 12.0. The number of aromatic nitrogens is 2. The molecule has 1 heterocycles. The predicted molar refractivity (Wildman–Crippen MR) is 65.3 cm³/mol. The molecular weight excluding hydrogens is 238 g/mol. The smallest absolute Gasteiger partial charge is 0.322 e. The van der Waals surface area contributed by atoms with Crippen LogP contribution in [0.2, 0.25) is 0 Å². The summed E-state index contributed by atoms with van der Waals surface area (Å²) >= 11 is 0. The van der Waals surface area contributed by atoms with Gasteiger partial charge in [-0.05, 0) is 0 Å². The topological polar surface area (TPSA) is 96.5 Å². The fourth-order valence-electron chi connectivity index (χ4n) is 1.58. The number of aromatic amines is 1. The van der Waals surface area contributed by atoms with E-state index in [4.69, 9.17) is 14.6 Å². The fraction of sp³-hybridized carbons (Fsp3) is 0.273. The molecule has 18 heavy (non-hydrogen) atoms. The number of ether oxygens (including phenoxy) is 2. The molecular formula is C11H13N3O4. The van der Waals surface area contributed by atoms with E-state index in [0.717, 1.165) is 5.52 Å². The maximum Gasteiger partial charge on any atom is 0.322 e. The van der Waals surface area contributed by atoms with Gasteiger partial charge in [-0.15, -0.1) is 0 Å². The highest BCUT2D eigenvalue weighted by Gasteiger charge is 2.10. The van der Waals surface area contributed by atoms with Gasteiger partial charge in [-0.25, -0.2) is 4.98 Å². The Bertz CT molecular complexity index is 538. The van der Waals surface area contributed by atoms with Crippen molar-refractivity contribution in [1.29, 1.82) is 0 Å². The number of aliphatic carboxylic acids is 1. The van der Waals surface area contributed by atoms with E-state index in [9.17, 15) is 4.79 Å². The highest BCUT2D eigenvalue weighted by molar-refractivity contribution is 5.82. The SMILES string of the molecule is COc1cc2nc(NCC(=O)O)[nH]c2cc1OC. The number of nitrogens with zero attached hydrogens (tertiary/aromatic N) is 1. The number of fused-ring (bicyclic) bond motifs is 1. The van der Waals surface area contributed by atoms with Crippen molar-refractivity contribution in [2.24, 2.45) is 0 Å². The second kappa shape index (κ2) is 4.82. The van der Waals surface area contributed by atoms with Gasteiger partial charge in [0.15, 0.2) is 11.5 Å². The van der Waals surface area contributed by atoms with Crippen LogP contribution < -0.4 is 14.8 Å². The van der Waals surface area contributed by atoms with Crippen LogP contribution in [0.15, 0.2) is 12.1 Å². The molecule has 0 fully saturated rings. The van der Waals surface area contributed by atoms with Crippen molar-refractivity contribution >= 4 is 23.0 Å². The Hall–Kier alpha value is -2.44. The van der Waals surface area contributed by atoms with Crippen molar-refractivity contribution in [3.63, 3.8) is 0 Å². The molecule has 1 aromatic carbocycles. The Kier molecular flexibility index (Phi) is 3.22. The molecule has 0 atom stereocenters. The summed E-state index contributed by atoms with van der Waals surface area (Å²) in [6.07, 6.45) is 0. The minimum absolute atomic E-state index is 0.200. The molecule has 0 aliphatic heterocycles. The third-order valence-electron chi connectivity index (χ3n) is 2.39. The van der Waals surface area contributed by atoms with Gasteiger partial charge in [0.2, 0.25) is 5.95 Å². The first-order valence-electron chi connectivity index (χ1n) is 5.21. The number of carboxylic acid groups (broad SMARTS) is 1. The molecule has 0 aliphatic rings. The number of carboxylic acids is 1. The average molecular weight is 251 g/mol. The quantitative estimate of drug-likeness (QED) is 0.735. The lowest BCUT2D eigenvalue weighted by Crippen LogP contribution is -2.12. The van der Waals surface area contributed by atoms with E-state index in [-0.39, 0.29) is 6.54 Å². The molecule has 0 aliphatic carbocycles. The monoisotopic (exact) mass is 251 g/mol. The van der Waals surface area contributed by atoms with Crippen LogP contribution in [0.4, 0.5) is 5.95 Å². The zero-order valence-corrected chi connectivity index (χ0v) is 9.98. The summed E-state index contributed by atoms with van der Waals surface area (Å²) in [5.41, 5.74) is 1.40. The molecule has 7 nitrogen and oxygen atoms in total. The average Bonchev–Trinajstić information content (AvgIpc) is 2.76. The Balaban J connectivity index is 2.35. The highest BCUT2D eigenvalue weighted by Crippen LogP contribution is 2.31. The molecule has 2 aromatic rings. The highest BCUT2D eigenvalue weighted by atomic mass is 16.5. The molecule has 1 aromatic heterocycles. The zero-order chi connectivity index (χ0) is 13.1. The van der Waals surface area contributed by atoms with E-state index in [0.29, 0.717) is 23.0 Å². The van der Waals surface area contributed by atoms with Crippen LogP contribution >= 0.6 is 0 Å². The van der Waals surface area contributed by atoms with E-state index < -0.39 is 5.97 Å². The number of carbonyl (C=O) groups is 1. The number of nitrogens with one attached hydrogen (secondary N) is 2. The molecule has 0 amide bonds. The van der Waals surface area contributed by atoms with E-state index >= 15 is 0 Å². The van der Waals surface area contributed by atoms with E-state index in [1.165, 1.54) is 0 Å². The largest absolute Gasteiger partial charge is 0.493 e. The fourth-order valence-corrected chi connectivity index (χ4v) is 1.58. The Morgan fingerprint density at radius 2 is 2.06 bits per heavy atom. The molecule has 0 saturated heterocycles. The second-order valence-electron chi connectivity index (χ2n) is 3.56. The van der Waals surface area contributed by atoms with Gasteiger partial charge in [-0.1, -0.05) is 0 Å². The van der Waals surface area contributed by atoms with Crippen molar-refractivity contribution in [2.75, 3.05) is 26.1 Å². The Labute approximate surface area is 103 Å². The number of H-pyrrole nitrogens is 1. The number of anilines is 1. The predicted octanol–water partition coefficient (Wildman–Crippen LogP) is 1.08. The van der Waals surface area contributed by atoms with E-state index in [1.807, 2.05) is 0 Å². The number of imidazole rings is 1. The standard InChI is InChI=1S/C11H13N3O4/c1-17-8-3-6-7(4-9(8)18-2)14-11(13-6)12-5-10(15)16/h3-4H,5H2,1-2H3,(H,15,16)(H2,12,13,14). The lowest BCUT2D eigenvalue weighted by molar-refractivity contribution is -0.134. The van der Waals surface area contributed by atoms with Crippen molar-refractivity contribution < 1.29 is 19.4 Å². The molecule has 0 unspecified atom stereocenters. The maximum atomic E-state index is 10.4. The van der Waals surface area contributed by atoms with Crippen LogP contribution in [0.5, 0.6) is 11.5 Å². The number of hydrogen-bond acceptors (Lipinski definition) is 5. The van der Waals surface area contributed by atoms with Crippen molar-refractivity contribution in [1.82, 2.24) is 9.97 Å². The summed E-state index contributed by atoms with van der Waals surface area (Å²) in [5, 5.41) is 11.2. The Morgan fingerprint density at radius 3 is 2.67 bits per heavy atom. The Morgan fingerprint density at radius 1 is 1.39 bits per heavy atom. The maximum absolute atomic E-state index is 10.4. The van der Waals surface area contributed by atoms with E-state index in [2.05, 4.69) is 15.3 Å². The van der Waals surface area contributed by atoms with Crippen LogP contribution in [0.25, 0.3) is 11.0 Å². The first-order valence-corrected chi connectivity index (χ1v) is 5.21. The molecule has 0 saturated carbocycles. The summed E-state index contributed by atoms with van der Waals surface area (Å²) in [6.45, 7) is -0.200. The van der Waals surface area contributed by atoms with Crippen LogP contribution in [0.3, 0.4) is 0 Å². The van der Waals surface area contributed by atoms with Gasteiger partial charge in [0, 0.05) is 12.1 Å². The second-order valence-corrected chi connectivity index (χ2v) is 3.56. The molecule has 7 heteroatoms. The molecule has 3 N–H and O–H groups in total. The molecule has 2 rings (SSSR count). The summed E-state index contributed by atoms with van der Waals surface area (Å²) < 4.78 is 10.3. The number of hydrogen-bond donors (Lipinski definition) is 3. The molecule has 0 spiro atoms. The van der Waals surface area contributed by atoms with Gasteiger partial charge in [0.1, 0.15) is 6.54 Å². The van der Waals surface area contributed by atoms with Gasteiger partial charge in [0.25, 0.3) is 0 Å². The molecule has 0 bridgehead atoms. The van der Waals surface area contributed by atoms with Crippen LogP contribution in [0, 0.1) is 0 Å². The summed E-state index contributed by atoms with van der Waals surface area (Å²) in [4.78, 5) is 17.6. The molecule has 0 radical (unpaired) electrons. The van der Waals surface area contributed by atoms with E-state index in [1.54, 1.807) is 26.4 Å². The third-order valence-corrected chi connectivity index (χ3v) is 2.39. The summed E-state index contributed by atoms with van der Waals surface area (Å²) in [7, 11) is 3.09. The molecule has 96 valence electrons. The van der Waals surface area contributed by atoms with Crippen LogP contribution in [-0.4, -0.2) is 41.8 Å². The van der Waals surface area contributed by atoms with Gasteiger partial charge in [-0.3, -0.25) is 4.79 Å². The lowest BCUT2D eigenvalue weighted by atomic mass is 10.3. The first-order chi connectivity index (χ1) is 8.63. The summed E-state index contributed by atoms with van der Waals surface area (Å²) in [6, 6.07) is 3.46. The normalized spacial score (nSPS) is 10.3. The number of benzene rings is 1. The van der Waals surface area contributed by atoms with Crippen LogP contribution in [0.1, 0.15) is 0 Å². The number of rotatable bonds is 5. The minimum atomic E-state index is -0.953. The van der Waals surface area contributed by atoms with Crippen molar-refractivity contribution in [3.05, 3.63) is 12.1 Å². The van der Waals surface area contributed by atoms with Gasteiger partial charge < -0.3 is 24.9 Å².